The number of carbonyl (C=O) groups is 2. The van der Waals surface area contributed by atoms with Crippen molar-refractivity contribution in [2.24, 2.45) is 0 Å². The second-order valence-corrected chi connectivity index (χ2v) is 4.47. The van der Waals surface area contributed by atoms with Crippen LogP contribution in [0.4, 0.5) is 5.69 Å². The van der Waals surface area contributed by atoms with Crippen LogP contribution in [0, 0.1) is 13.8 Å². The number of nitrogens with one attached hydrogen (secondary N) is 2. The SMILES string of the molecule is COC(=O)c1ccc(C)c(NC(=S)NC(C)=O)c1C. The molecular formula is C13H16N2O3S. The minimum atomic E-state index is -0.411. The summed E-state index contributed by atoms with van der Waals surface area (Å²) in [7, 11) is 1.33. The van der Waals surface area contributed by atoms with Gasteiger partial charge in [-0.2, -0.15) is 0 Å². The molecule has 0 aliphatic carbocycles. The molecule has 0 bridgehead atoms. The van der Waals surface area contributed by atoms with Crippen LogP contribution < -0.4 is 10.6 Å². The maximum Gasteiger partial charge on any atom is 0.338 e. The average molecular weight is 280 g/mol. The van der Waals surface area contributed by atoms with Crippen LogP contribution in [-0.4, -0.2) is 24.1 Å². The van der Waals surface area contributed by atoms with Crippen LogP contribution in [-0.2, 0) is 9.53 Å². The Kier molecular flexibility index (Phi) is 5.00. The molecule has 102 valence electrons. The third-order valence-electron chi connectivity index (χ3n) is 2.61. The van der Waals surface area contributed by atoms with Gasteiger partial charge in [0.2, 0.25) is 5.91 Å². The molecule has 6 heteroatoms. The number of anilines is 1. The van der Waals surface area contributed by atoms with Crippen molar-refractivity contribution < 1.29 is 14.3 Å². The van der Waals surface area contributed by atoms with E-state index in [1.165, 1.54) is 14.0 Å². The van der Waals surface area contributed by atoms with Crippen molar-refractivity contribution in [1.82, 2.24) is 5.32 Å². The molecule has 0 spiro atoms. The summed E-state index contributed by atoms with van der Waals surface area (Å²) >= 11 is 5.01. The molecule has 19 heavy (non-hydrogen) atoms. The molecule has 0 saturated carbocycles. The molecule has 0 aliphatic heterocycles. The molecule has 2 N–H and O–H groups in total. The van der Waals surface area contributed by atoms with Crippen molar-refractivity contribution >= 4 is 34.9 Å². The van der Waals surface area contributed by atoms with Gasteiger partial charge >= 0.3 is 5.97 Å². The molecule has 5 nitrogen and oxygen atoms in total. The molecule has 0 saturated heterocycles. The van der Waals surface area contributed by atoms with Crippen molar-refractivity contribution in [3.8, 4) is 0 Å². The summed E-state index contributed by atoms with van der Waals surface area (Å²) in [5.74, 6) is -0.664. The summed E-state index contributed by atoms with van der Waals surface area (Å²) in [5.41, 5.74) is 2.79. The fourth-order valence-corrected chi connectivity index (χ4v) is 1.92. The molecule has 0 unspecified atom stereocenters. The zero-order valence-electron chi connectivity index (χ0n) is 11.3. The number of esters is 1. The Hall–Kier alpha value is -1.95. The summed E-state index contributed by atoms with van der Waals surface area (Å²) in [6, 6.07) is 3.49. The fraction of sp³-hybridized carbons (Fsp3) is 0.308. The summed E-state index contributed by atoms with van der Waals surface area (Å²) < 4.78 is 4.71. The number of benzene rings is 1. The van der Waals surface area contributed by atoms with Crippen LogP contribution in [0.15, 0.2) is 12.1 Å². The first kappa shape index (κ1) is 15.1. The molecule has 0 fully saturated rings. The predicted molar refractivity (Wildman–Crippen MR) is 77.3 cm³/mol. The first-order chi connectivity index (χ1) is 8.86. The van der Waals surface area contributed by atoms with E-state index >= 15 is 0 Å². The Balaban J connectivity index is 3.09. The van der Waals surface area contributed by atoms with Crippen LogP contribution in [0.5, 0.6) is 0 Å². The Morgan fingerprint density at radius 1 is 1.26 bits per heavy atom. The van der Waals surface area contributed by atoms with E-state index in [2.05, 4.69) is 10.6 Å². The summed E-state index contributed by atoms with van der Waals surface area (Å²) in [6.45, 7) is 5.04. The Morgan fingerprint density at radius 3 is 2.42 bits per heavy atom. The van der Waals surface area contributed by atoms with Gasteiger partial charge in [-0.25, -0.2) is 4.79 Å². The summed E-state index contributed by atoms with van der Waals surface area (Å²) in [5, 5.41) is 5.59. The maximum atomic E-state index is 11.6. The van der Waals surface area contributed by atoms with E-state index in [1.807, 2.05) is 6.92 Å². The minimum Gasteiger partial charge on any atom is -0.465 e. The average Bonchev–Trinajstić information content (AvgIpc) is 2.32. The van der Waals surface area contributed by atoms with Gasteiger partial charge in [-0.3, -0.25) is 4.79 Å². The smallest absolute Gasteiger partial charge is 0.338 e. The highest BCUT2D eigenvalue weighted by atomic mass is 32.1. The number of hydrogen-bond acceptors (Lipinski definition) is 4. The number of ether oxygens (including phenoxy) is 1. The molecular weight excluding hydrogens is 264 g/mol. The normalized spacial score (nSPS) is 9.68. The number of methoxy groups -OCH3 is 1. The lowest BCUT2D eigenvalue weighted by molar-refractivity contribution is -0.117. The summed E-state index contributed by atoms with van der Waals surface area (Å²) in [6.07, 6.45) is 0. The van der Waals surface area contributed by atoms with Gasteiger partial charge in [0.05, 0.1) is 12.7 Å². The van der Waals surface area contributed by atoms with Gasteiger partial charge in [-0.1, -0.05) is 6.07 Å². The van der Waals surface area contributed by atoms with Crippen LogP contribution in [0.3, 0.4) is 0 Å². The van der Waals surface area contributed by atoms with Gasteiger partial charge < -0.3 is 15.4 Å². The third kappa shape index (κ3) is 3.75. The topological polar surface area (TPSA) is 67.4 Å². The molecule has 0 atom stereocenters. The van der Waals surface area contributed by atoms with E-state index in [0.29, 0.717) is 11.3 Å². The molecule has 0 aromatic heterocycles. The molecule has 1 amide bonds. The Bertz CT molecular complexity index is 541. The second-order valence-electron chi connectivity index (χ2n) is 4.06. The monoisotopic (exact) mass is 280 g/mol. The van der Waals surface area contributed by atoms with Crippen LogP contribution in [0.1, 0.15) is 28.4 Å². The van der Waals surface area contributed by atoms with Gasteiger partial charge in [0.1, 0.15) is 0 Å². The number of rotatable bonds is 2. The van der Waals surface area contributed by atoms with Crippen LogP contribution in [0.2, 0.25) is 0 Å². The highest BCUT2D eigenvalue weighted by Gasteiger charge is 2.14. The van der Waals surface area contributed by atoms with Crippen molar-refractivity contribution in [1.29, 1.82) is 0 Å². The first-order valence-electron chi connectivity index (χ1n) is 5.64. The van der Waals surface area contributed by atoms with E-state index in [0.717, 1.165) is 11.1 Å². The van der Waals surface area contributed by atoms with E-state index in [4.69, 9.17) is 17.0 Å². The highest BCUT2D eigenvalue weighted by molar-refractivity contribution is 7.80. The van der Waals surface area contributed by atoms with Gasteiger partial charge in [0.25, 0.3) is 0 Å². The van der Waals surface area contributed by atoms with E-state index in [9.17, 15) is 9.59 Å². The van der Waals surface area contributed by atoms with E-state index in [-0.39, 0.29) is 11.0 Å². The number of aryl methyl sites for hydroxylation is 1. The van der Waals surface area contributed by atoms with Crippen molar-refractivity contribution in [3.05, 3.63) is 28.8 Å². The standard InChI is InChI=1S/C13H16N2O3S/c1-7-5-6-10(12(17)18-4)8(2)11(7)15-13(19)14-9(3)16/h5-6H,1-4H3,(H2,14,15,16,19). The van der Waals surface area contributed by atoms with E-state index in [1.54, 1.807) is 19.1 Å². The first-order valence-corrected chi connectivity index (χ1v) is 6.04. The lowest BCUT2D eigenvalue weighted by Gasteiger charge is -2.15. The van der Waals surface area contributed by atoms with Crippen molar-refractivity contribution in [2.75, 3.05) is 12.4 Å². The second kappa shape index (κ2) is 6.29. The molecule has 0 radical (unpaired) electrons. The lowest BCUT2D eigenvalue weighted by Crippen LogP contribution is -2.32. The number of thiocarbonyl (C=S) groups is 1. The van der Waals surface area contributed by atoms with Crippen molar-refractivity contribution in [2.45, 2.75) is 20.8 Å². The van der Waals surface area contributed by atoms with Crippen LogP contribution in [0.25, 0.3) is 0 Å². The van der Waals surface area contributed by atoms with Gasteiger partial charge in [-0.15, -0.1) is 0 Å². The molecule has 1 aromatic carbocycles. The zero-order valence-corrected chi connectivity index (χ0v) is 12.1. The Labute approximate surface area is 117 Å². The van der Waals surface area contributed by atoms with Crippen LogP contribution >= 0.6 is 12.2 Å². The van der Waals surface area contributed by atoms with Gasteiger partial charge in [0.15, 0.2) is 5.11 Å². The Morgan fingerprint density at radius 2 is 1.89 bits per heavy atom. The maximum absolute atomic E-state index is 11.6. The predicted octanol–water partition coefficient (Wildman–Crippen LogP) is 1.92. The fourth-order valence-electron chi connectivity index (χ4n) is 1.68. The highest BCUT2D eigenvalue weighted by Crippen LogP contribution is 2.24. The van der Waals surface area contributed by atoms with Crippen molar-refractivity contribution in [3.63, 3.8) is 0 Å². The molecule has 1 rings (SSSR count). The largest absolute Gasteiger partial charge is 0.465 e. The minimum absolute atomic E-state index is 0.195. The number of carbonyl (C=O) groups excluding carboxylic acids is 2. The molecule has 0 aliphatic rings. The van der Waals surface area contributed by atoms with Gasteiger partial charge in [0, 0.05) is 12.6 Å². The number of amides is 1. The zero-order chi connectivity index (χ0) is 14.6. The summed E-state index contributed by atoms with van der Waals surface area (Å²) in [4.78, 5) is 22.5. The third-order valence-corrected chi connectivity index (χ3v) is 2.81. The molecule has 1 aromatic rings. The van der Waals surface area contributed by atoms with Gasteiger partial charge in [-0.05, 0) is 43.3 Å². The van der Waals surface area contributed by atoms with E-state index < -0.39 is 5.97 Å². The quantitative estimate of drug-likeness (QED) is 0.640. The number of hydrogen-bond donors (Lipinski definition) is 2. The molecule has 0 heterocycles. The lowest BCUT2D eigenvalue weighted by atomic mass is 10.0.